The highest BCUT2D eigenvalue weighted by Crippen LogP contribution is 2.37. The highest BCUT2D eigenvalue weighted by Gasteiger charge is 2.34. The Kier molecular flexibility index (Phi) is 3.78. The quantitative estimate of drug-likeness (QED) is 0.892. The number of nitrogens with one attached hydrogen (secondary N) is 1. The number of nitrogens with two attached hydrogens (primary N) is 1. The van der Waals surface area contributed by atoms with Crippen molar-refractivity contribution in [3.8, 4) is 11.5 Å². The van der Waals surface area contributed by atoms with E-state index in [1.165, 1.54) is 5.56 Å². The van der Waals surface area contributed by atoms with Gasteiger partial charge in [0.25, 0.3) is 5.91 Å². The number of piperidine rings is 1. The maximum atomic E-state index is 12.7. The van der Waals surface area contributed by atoms with Gasteiger partial charge < -0.3 is 20.1 Å². The van der Waals surface area contributed by atoms with Gasteiger partial charge in [-0.15, -0.1) is 0 Å². The van der Waals surface area contributed by atoms with E-state index >= 15 is 0 Å². The average molecular weight is 342 g/mol. The number of ether oxygens (including phenoxy) is 2. The molecule has 3 heterocycles. The lowest BCUT2D eigenvalue weighted by molar-refractivity contribution is 0.0545. The summed E-state index contributed by atoms with van der Waals surface area (Å²) in [6.07, 6.45) is 2.95. The largest absolute Gasteiger partial charge is 0.454 e. The van der Waals surface area contributed by atoms with Gasteiger partial charge in [0.1, 0.15) is 11.5 Å². The normalized spacial score (nSPS) is 22.2. The fourth-order valence-electron chi connectivity index (χ4n) is 3.79. The average Bonchev–Trinajstić information content (AvgIpc) is 3.22. The number of rotatable bonds is 3. The van der Waals surface area contributed by atoms with Gasteiger partial charge in [-0.25, -0.2) is 0 Å². The number of carbonyl (C=O) groups excluding carboxylic acids is 1. The number of nitrogen functional groups attached to an aromatic ring is 1. The van der Waals surface area contributed by atoms with Gasteiger partial charge in [-0.1, -0.05) is 13.0 Å². The molecule has 1 amide bonds. The van der Waals surface area contributed by atoms with Gasteiger partial charge in [0, 0.05) is 19.2 Å². The van der Waals surface area contributed by atoms with Crippen molar-refractivity contribution in [2.24, 2.45) is 5.41 Å². The molecule has 0 unspecified atom stereocenters. The van der Waals surface area contributed by atoms with E-state index in [4.69, 9.17) is 15.2 Å². The molecular formula is C18H22N4O3. The number of carbonyl (C=O) groups is 1. The summed E-state index contributed by atoms with van der Waals surface area (Å²) >= 11 is 0. The van der Waals surface area contributed by atoms with E-state index in [1.807, 2.05) is 17.0 Å². The zero-order valence-electron chi connectivity index (χ0n) is 14.2. The predicted octanol–water partition coefficient (Wildman–Crippen LogP) is 2.21. The second-order valence-corrected chi connectivity index (χ2v) is 7.21. The summed E-state index contributed by atoms with van der Waals surface area (Å²) in [6.45, 7) is 3.98. The van der Waals surface area contributed by atoms with E-state index in [9.17, 15) is 4.79 Å². The molecule has 2 aliphatic heterocycles. The van der Waals surface area contributed by atoms with E-state index in [0.717, 1.165) is 37.3 Å². The standard InChI is InChI=1S/C18H22N4O3/c1-18(9-12-3-4-14-15(7-12)25-11-24-14)5-2-6-22(10-18)17(23)13-8-16(19)21-20-13/h3-4,7-8H,2,5-6,9-11H2,1H3,(H3,19,20,21)/t18-/m1/s1. The Balaban J connectivity index is 1.48. The van der Waals surface area contributed by atoms with Crippen molar-refractivity contribution >= 4 is 11.7 Å². The Morgan fingerprint density at radius 3 is 3.00 bits per heavy atom. The topological polar surface area (TPSA) is 93.5 Å². The number of amides is 1. The molecule has 1 fully saturated rings. The zero-order valence-corrected chi connectivity index (χ0v) is 14.2. The Labute approximate surface area is 146 Å². The predicted molar refractivity (Wildman–Crippen MR) is 92.5 cm³/mol. The molecule has 7 nitrogen and oxygen atoms in total. The first-order valence-electron chi connectivity index (χ1n) is 8.51. The number of aromatic nitrogens is 2. The lowest BCUT2D eigenvalue weighted by Gasteiger charge is -2.40. The van der Waals surface area contributed by atoms with Crippen molar-refractivity contribution < 1.29 is 14.3 Å². The summed E-state index contributed by atoms with van der Waals surface area (Å²) in [4.78, 5) is 14.6. The van der Waals surface area contributed by atoms with Crippen molar-refractivity contribution in [3.63, 3.8) is 0 Å². The van der Waals surface area contributed by atoms with Crippen molar-refractivity contribution in [2.45, 2.75) is 26.2 Å². The minimum atomic E-state index is -0.0409. The van der Waals surface area contributed by atoms with Crippen LogP contribution in [0.4, 0.5) is 5.82 Å². The summed E-state index contributed by atoms with van der Waals surface area (Å²) in [7, 11) is 0. The molecule has 0 radical (unpaired) electrons. The van der Waals surface area contributed by atoms with Crippen molar-refractivity contribution in [3.05, 3.63) is 35.5 Å². The molecule has 4 rings (SSSR count). The SMILES string of the molecule is C[C@]1(Cc2ccc3c(c2)OCO3)CCCN(C(=O)c2cc(N)n[nH]2)C1. The fourth-order valence-corrected chi connectivity index (χ4v) is 3.79. The van der Waals surface area contributed by atoms with Gasteiger partial charge in [-0.3, -0.25) is 9.89 Å². The van der Waals surface area contributed by atoms with Crippen LogP contribution in [-0.2, 0) is 6.42 Å². The third-order valence-electron chi connectivity index (χ3n) is 4.96. The third-order valence-corrected chi connectivity index (χ3v) is 4.96. The molecule has 1 aromatic carbocycles. The molecule has 7 heteroatoms. The van der Waals surface area contributed by atoms with Crippen molar-refractivity contribution in [2.75, 3.05) is 25.6 Å². The monoisotopic (exact) mass is 342 g/mol. The Bertz CT molecular complexity index is 803. The van der Waals surface area contributed by atoms with Crippen LogP contribution in [0.3, 0.4) is 0 Å². The summed E-state index contributed by atoms with van der Waals surface area (Å²) in [6, 6.07) is 7.67. The van der Waals surface area contributed by atoms with Gasteiger partial charge in [0.15, 0.2) is 11.5 Å². The molecule has 0 spiro atoms. The van der Waals surface area contributed by atoms with Crippen LogP contribution >= 0.6 is 0 Å². The number of H-pyrrole nitrogens is 1. The molecule has 0 bridgehead atoms. The smallest absolute Gasteiger partial charge is 0.271 e. The van der Waals surface area contributed by atoms with Crippen LogP contribution in [0.15, 0.2) is 24.3 Å². The van der Waals surface area contributed by atoms with Gasteiger partial charge in [0.05, 0.1) is 0 Å². The highest BCUT2D eigenvalue weighted by molar-refractivity contribution is 5.93. The number of hydrogen-bond donors (Lipinski definition) is 2. The number of hydrogen-bond acceptors (Lipinski definition) is 5. The number of benzene rings is 1. The van der Waals surface area contributed by atoms with Crippen LogP contribution in [0.2, 0.25) is 0 Å². The minimum absolute atomic E-state index is 0.0210. The molecule has 3 N–H and O–H groups in total. The van der Waals surface area contributed by atoms with Gasteiger partial charge in [-0.2, -0.15) is 5.10 Å². The second kappa shape index (κ2) is 5.98. The van der Waals surface area contributed by atoms with Gasteiger partial charge in [0.2, 0.25) is 6.79 Å². The summed E-state index contributed by atoms with van der Waals surface area (Å²) in [5, 5.41) is 6.56. The lowest BCUT2D eigenvalue weighted by Crippen LogP contribution is -2.45. The molecule has 2 aromatic rings. The maximum Gasteiger partial charge on any atom is 0.271 e. The van der Waals surface area contributed by atoms with E-state index < -0.39 is 0 Å². The van der Waals surface area contributed by atoms with Crippen LogP contribution in [-0.4, -0.2) is 40.9 Å². The zero-order chi connectivity index (χ0) is 17.4. The molecule has 132 valence electrons. The summed E-state index contributed by atoms with van der Waals surface area (Å²) in [5.41, 5.74) is 7.28. The molecule has 25 heavy (non-hydrogen) atoms. The highest BCUT2D eigenvalue weighted by atomic mass is 16.7. The van der Waals surface area contributed by atoms with E-state index in [1.54, 1.807) is 6.07 Å². The fraction of sp³-hybridized carbons (Fsp3) is 0.444. The van der Waals surface area contributed by atoms with Gasteiger partial charge >= 0.3 is 0 Å². The number of nitrogens with zero attached hydrogens (tertiary/aromatic N) is 2. The molecule has 2 aliphatic rings. The molecular weight excluding hydrogens is 320 g/mol. The van der Waals surface area contributed by atoms with Crippen LogP contribution in [0, 0.1) is 5.41 Å². The first-order chi connectivity index (χ1) is 12.0. The molecule has 0 saturated carbocycles. The van der Waals surface area contributed by atoms with Crippen LogP contribution in [0.5, 0.6) is 11.5 Å². The Morgan fingerprint density at radius 2 is 2.20 bits per heavy atom. The van der Waals surface area contributed by atoms with Crippen molar-refractivity contribution in [1.82, 2.24) is 15.1 Å². The molecule has 1 aromatic heterocycles. The van der Waals surface area contributed by atoms with Crippen LogP contribution in [0.25, 0.3) is 0 Å². The second-order valence-electron chi connectivity index (χ2n) is 7.21. The number of fused-ring (bicyclic) bond motifs is 1. The van der Waals surface area contributed by atoms with E-state index in [-0.39, 0.29) is 18.1 Å². The Morgan fingerprint density at radius 1 is 1.36 bits per heavy atom. The van der Waals surface area contributed by atoms with Gasteiger partial charge in [-0.05, 0) is 42.4 Å². The minimum Gasteiger partial charge on any atom is -0.454 e. The number of anilines is 1. The number of likely N-dealkylation sites (tertiary alicyclic amines) is 1. The Hall–Kier alpha value is -2.70. The maximum absolute atomic E-state index is 12.7. The van der Waals surface area contributed by atoms with Crippen LogP contribution < -0.4 is 15.2 Å². The molecule has 0 aliphatic carbocycles. The number of aromatic amines is 1. The molecule has 1 atom stereocenters. The first-order valence-corrected chi connectivity index (χ1v) is 8.51. The van der Waals surface area contributed by atoms with E-state index in [0.29, 0.717) is 18.1 Å². The summed E-state index contributed by atoms with van der Waals surface area (Å²) in [5.74, 6) is 1.90. The van der Waals surface area contributed by atoms with Crippen molar-refractivity contribution in [1.29, 1.82) is 0 Å². The summed E-state index contributed by atoms with van der Waals surface area (Å²) < 4.78 is 10.8. The first kappa shape index (κ1) is 15.8. The van der Waals surface area contributed by atoms with Crippen LogP contribution in [0.1, 0.15) is 35.8 Å². The molecule has 1 saturated heterocycles. The third kappa shape index (κ3) is 3.14. The van der Waals surface area contributed by atoms with E-state index in [2.05, 4.69) is 23.2 Å². The lowest BCUT2D eigenvalue weighted by atomic mass is 9.77.